The molecule has 0 spiro atoms. The molecule has 1 aliphatic heterocycles. The molecule has 1 saturated heterocycles. The van der Waals surface area contributed by atoms with Crippen LogP contribution in [0, 0.1) is 5.92 Å². The number of carbonyl (C=O) groups is 1. The van der Waals surface area contributed by atoms with Crippen LogP contribution in [0.4, 0.5) is 5.69 Å². The van der Waals surface area contributed by atoms with E-state index < -0.39 is 0 Å². The molecule has 1 aromatic carbocycles. The zero-order valence-corrected chi connectivity index (χ0v) is 19.4. The van der Waals surface area contributed by atoms with Crippen LogP contribution < -0.4 is 10.2 Å². The van der Waals surface area contributed by atoms with Crippen molar-refractivity contribution >= 4 is 34.8 Å². The Balaban J connectivity index is 1.19. The number of hydrogen-bond acceptors (Lipinski definition) is 5. The second-order valence-electron chi connectivity index (χ2n) is 8.73. The van der Waals surface area contributed by atoms with Gasteiger partial charge in [-0.25, -0.2) is 4.98 Å². The van der Waals surface area contributed by atoms with E-state index in [1.807, 2.05) is 12.1 Å². The molecule has 1 aliphatic carbocycles. The summed E-state index contributed by atoms with van der Waals surface area (Å²) in [5.41, 5.74) is 1.03. The average Bonchev–Trinajstić information content (AvgIpc) is 3.31. The fraction of sp³-hybridized carbons (Fsp3) is 0.565. The van der Waals surface area contributed by atoms with E-state index in [1.54, 1.807) is 0 Å². The maximum atomic E-state index is 12.1. The number of hydrogen-bond donors (Lipinski definition) is 1. The Morgan fingerprint density at radius 3 is 2.74 bits per heavy atom. The van der Waals surface area contributed by atoms with Gasteiger partial charge >= 0.3 is 5.91 Å². The van der Waals surface area contributed by atoms with E-state index >= 15 is 0 Å². The molecule has 31 heavy (non-hydrogen) atoms. The summed E-state index contributed by atoms with van der Waals surface area (Å²) in [6.45, 7) is 6.41. The summed E-state index contributed by atoms with van der Waals surface area (Å²) >= 11 is 12.7. The molecule has 168 valence electrons. The Morgan fingerprint density at radius 2 is 2.03 bits per heavy atom. The Kier molecular flexibility index (Phi) is 7.41. The first-order chi connectivity index (χ1) is 15.0. The van der Waals surface area contributed by atoms with Gasteiger partial charge in [0.15, 0.2) is 0 Å². The summed E-state index contributed by atoms with van der Waals surface area (Å²) in [5, 5.41) is 4.31. The minimum absolute atomic E-state index is 0.148. The molecule has 2 aliphatic rings. The number of nitrogens with zero attached hydrogens (tertiary/aromatic N) is 3. The minimum Gasteiger partial charge on any atom is -0.441 e. The van der Waals surface area contributed by atoms with Crippen LogP contribution in [0.2, 0.25) is 10.0 Å². The number of anilines is 1. The van der Waals surface area contributed by atoms with Crippen molar-refractivity contribution in [3.05, 3.63) is 46.6 Å². The number of halogens is 2. The monoisotopic (exact) mass is 464 g/mol. The van der Waals surface area contributed by atoms with Gasteiger partial charge in [-0.2, -0.15) is 0 Å². The summed E-state index contributed by atoms with van der Waals surface area (Å²) in [6.07, 6.45) is 8.49. The van der Waals surface area contributed by atoms with Gasteiger partial charge in [0.2, 0.25) is 0 Å². The fourth-order valence-corrected chi connectivity index (χ4v) is 5.26. The lowest BCUT2D eigenvalue weighted by molar-refractivity contribution is 0.0884. The molecule has 1 aromatic heterocycles. The molecule has 2 aromatic rings. The highest BCUT2D eigenvalue weighted by Gasteiger charge is 2.28. The molecule has 0 bridgehead atoms. The minimum atomic E-state index is -0.208. The first kappa shape index (κ1) is 22.4. The van der Waals surface area contributed by atoms with Crippen LogP contribution in [0.15, 0.2) is 35.1 Å². The van der Waals surface area contributed by atoms with Crippen LogP contribution in [0.25, 0.3) is 0 Å². The van der Waals surface area contributed by atoms with E-state index in [1.165, 1.54) is 18.9 Å². The van der Waals surface area contributed by atoms with Gasteiger partial charge in [-0.05, 0) is 63.6 Å². The highest BCUT2D eigenvalue weighted by molar-refractivity contribution is 6.43. The summed E-state index contributed by atoms with van der Waals surface area (Å²) in [6, 6.07) is 6.47. The van der Waals surface area contributed by atoms with Crippen molar-refractivity contribution in [3.8, 4) is 0 Å². The Bertz CT molecular complexity index is 868. The molecule has 1 saturated carbocycles. The van der Waals surface area contributed by atoms with Crippen molar-refractivity contribution < 1.29 is 9.21 Å². The summed E-state index contributed by atoms with van der Waals surface area (Å²) in [4.78, 5) is 20.9. The zero-order chi connectivity index (χ0) is 21.8. The highest BCUT2D eigenvalue weighted by atomic mass is 35.5. The number of rotatable bonds is 6. The third kappa shape index (κ3) is 5.54. The number of aromatic nitrogens is 1. The largest absolute Gasteiger partial charge is 0.441 e. The lowest BCUT2D eigenvalue weighted by Gasteiger charge is -2.42. The van der Waals surface area contributed by atoms with E-state index in [-0.39, 0.29) is 17.8 Å². The van der Waals surface area contributed by atoms with Crippen molar-refractivity contribution in [1.29, 1.82) is 0 Å². The summed E-state index contributed by atoms with van der Waals surface area (Å²) < 4.78 is 5.07. The molecule has 2 heterocycles. The third-order valence-corrected chi connectivity index (χ3v) is 7.42. The SMILES string of the molecule is CC1CN(CCC2CCC(NC(=O)c3ncco3)CC2)CCN1c1cccc(Cl)c1Cl. The number of nitrogens with one attached hydrogen (secondary N) is 1. The van der Waals surface area contributed by atoms with Crippen molar-refractivity contribution in [2.24, 2.45) is 5.92 Å². The predicted molar refractivity (Wildman–Crippen MR) is 124 cm³/mol. The number of carbonyl (C=O) groups excluding carboxylic acids is 1. The zero-order valence-electron chi connectivity index (χ0n) is 17.9. The van der Waals surface area contributed by atoms with E-state index in [9.17, 15) is 4.79 Å². The van der Waals surface area contributed by atoms with E-state index in [2.05, 4.69) is 33.1 Å². The molecule has 8 heteroatoms. The highest BCUT2D eigenvalue weighted by Crippen LogP contribution is 2.34. The van der Waals surface area contributed by atoms with Crippen LogP contribution >= 0.6 is 23.2 Å². The molecule has 6 nitrogen and oxygen atoms in total. The maximum Gasteiger partial charge on any atom is 0.307 e. The van der Waals surface area contributed by atoms with Gasteiger partial charge in [0.05, 0.1) is 21.9 Å². The molecular weight excluding hydrogens is 435 g/mol. The van der Waals surface area contributed by atoms with Crippen molar-refractivity contribution in [1.82, 2.24) is 15.2 Å². The van der Waals surface area contributed by atoms with Crippen LogP contribution in [0.1, 0.15) is 49.7 Å². The molecule has 0 radical (unpaired) electrons. The van der Waals surface area contributed by atoms with Gasteiger partial charge in [-0.3, -0.25) is 9.69 Å². The number of amides is 1. The van der Waals surface area contributed by atoms with E-state index in [0.29, 0.717) is 16.1 Å². The Hall–Kier alpha value is -1.76. The number of benzene rings is 1. The normalized spacial score (nSPS) is 24.9. The van der Waals surface area contributed by atoms with Gasteiger partial charge in [0.25, 0.3) is 5.89 Å². The number of piperazine rings is 1. The maximum absolute atomic E-state index is 12.1. The first-order valence-corrected chi connectivity index (χ1v) is 11.9. The second kappa shape index (κ2) is 10.2. The second-order valence-corrected chi connectivity index (χ2v) is 9.52. The lowest BCUT2D eigenvalue weighted by atomic mass is 9.84. The molecule has 1 unspecified atom stereocenters. The topological polar surface area (TPSA) is 61.6 Å². The van der Waals surface area contributed by atoms with E-state index in [4.69, 9.17) is 27.6 Å². The Morgan fingerprint density at radius 1 is 1.23 bits per heavy atom. The van der Waals surface area contributed by atoms with Gasteiger partial charge in [0, 0.05) is 31.7 Å². The van der Waals surface area contributed by atoms with Crippen LogP contribution in [0.5, 0.6) is 0 Å². The first-order valence-electron chi connectivity index (χ1n) is 11.1. The van der Waals surface area contributed by atoms with Crippen LogP contribution in [-0.4, -0.2) is 54.1 Å². The van der Waals surface area contributed by atoms with Gasteiger partial charge in [-0.1, -0.05) is 29.3 Å². The smallest absolute Gasteiger partial charge is 0.307 e. The van der Waals surface area contributed by atoms with E-state index in [0.717, 1.165) is 63.5 Å². The number of oxazole rings is 1. The summed E-state index contributed by atoms with van der Waals surface area (Å²) in [5.74, 6) is 0.667. The standard InChI is InChI=1S/C23H30Cl2N4O2/c1-16-15-28(12-13-29(16)20-4-2-3-19(24)21(20)25)11-9-17-5-7-18(8-6-17)27-22(30)23-26-10-14-31-23/h2-4,10,14,16-18H,5-9,11-13,15H2,1H3,(H,27,30). The van der Waals surface area contributed by atoms with Gasteiger partial charge in [-0.15, -0.1) is 0 Å². The Labute approximate surface area is 193 Å². The van der Waals surface area contributed by atoms with Crippen molar-refractivity contribution in [2.75, 3.05) is 31.1 Å². The van der Waals surface area contributed by atoms with Crippen LogP contribution in [0.3, 0.4) is 0 Å². The fourth-order valence-electron chi connectivity index (χ4n) is 4.85. The molecule has 1 N–H and O–H groups in total. The third-order valence-electron chi connectivity index (χ3n) is 6.61. The molecular formula is C23H30Cl2N4O2. The predicted octanol–water partition coefficient (Wildman–Crippen LogP) is 4.87. The molecule has 4 rings (SSSR count). The van der Waals surface area contributed by atoms with Gasteiger partial charge in [0.1, 0.15) is 6.26 Å². The molecule has 2 fully saturated rings. The van der Waals surface area contributed by atoms with Crippen molar-refractivity contribution in [3.63, 3.8) is 0 Å². The lowest BCUT2D eigenvalue weighted by Crippen LogP contribution is -2.52. The average molecular weight is 465 g/mol. The summed E-state index contributed by atoms with van der Waals surface area (Å²) in [7, 11) is 0. The van der Waals surface area contributed by atoms with Crippen molar-refractivity contribution in [2.45, 2.75) is 51.1 Å². The van der Waals surface area contributed by atoms with Crippen LogP contribution in [-0.2, 0) is 0 Å². The quantitative estimate of drug-likeness (QED) is 0.660. The van der Waals surface area contributed by atoms with Gasteiger partial charge < -0.3 is 14.6 Å². The molecule has 1 amide bonds. The molecule has 1 atom stereocenters.